The van der Waals surface area contributed by atoms with Gasteiger partial charge in [0, 0.05) is 12.2 Å². The summed E-state index contributed by atoms with van der Waals surface area (Å²) in [7, 11) is 0. The summed E-state index contributed by atoms with van der Waals surface area (Å²) in [5.41, 5.74) is 0.747. The summed E-state index contributed by atoms with van der Waals surface area (Å²) >= 11 is 0. The van der Waals surface area contributed by atoms with Gasteiger partial charge in [-0.2, -0.15) is 0 Å². The minimum absolute atomic E-state index is 0.391. The molecule has 0 fully saturated rings. The van der Waals surface area contributed by atoms with Gasteiger partial charge in [-0.05, 0) is 25.1 Å². The molecule has 17 heavy (non-hydrogen) atoms. The number of carbonyl (C=O) groups is 1. The van der Waals surface area contributed by atoms with E-state index in [-0.39, 0.29) is 0 Å². The van der Waals surface area contributed by atoms with Gasteiger partial charge >= 0.3 is 6.09 Å². The number of unbranched alkanes of at least 4 members (excludes halogenated alkanes) is 1. The Morgan fingerprint density at radius 1 is 1.24 bits per heavy atom. The van der Waals surface area contributed by atoms with E-state index in [1.165, 1.54) is 6.42 Å². The molecule has 0 radical (unpaired) electrons. The Morgan fingerprint density at radius 2 is 2.00 bits per heavy atom. The van der Waals surface area contributed by atoms with E-state index in [0.29, 0.717) is 13.2 Å². The van der Waals surface area contributed by atoms with Gasteiger partial charge in [0.2, 0.25) is 0 Å². The Labute approximate surface area is 102 Å². The highest BCUT2D eigenvalue weighted by Crippen LogP contribution is 2.04. The van der Waals surface area contributed by atoms with Gasteiger partial charge in [0.25, 0.3) is 0 Å². The van der Waals surface area contributed by atoms with Crippen LogP contribution >= 0.6 is 0 Å². The molecule has 0 aromatic heterocycles. The fraction of sp³-hybridized carbons (Fsp3) is 0.462. The molecule has 0 spiro atoms. The number of hydrogen-bond donors (Lipinski definition) is 2. The molecule has 1 amide bonds. The maximum atomic E-state index is 11.3. The van der Waals surface area contributed by atoms with Gasteiger partial charge in [0.1, 0.15) is 6.61 Å². The van der Waals surface area contributed by atoms with Crippen LogP contribution in [0.15, 0.2) is 30.3 Å². The molecule has 0 saturated carbocycles. The summed E-state index contributed by atoms with van der Waals surface area (Å²) in [6.07, 6.45) is 1.91. The van der Waals surface area contributed by atoms with E-state index in [1.54, 1.807) is 0 Å². The van der Waals surface area contributed by atoms with E-state index in [9.17, 15) is 4.79 Å². The molecule has 4 heteroatoms. The molecule has 0 heterocycles. The minimum atomic E-state index is -0.409. The minimum Gasteiger partial charge on any atom is -0.448 e. The van der Waals surface area contributed by atoms with Crippen molar-refractivity contribution < 1.29 is 9.53 Å². The Morgan fingerprint density at radius 3 is 2.71 bits per heavy atom. The highest BCUT2D eigenvalue weighted by molar-refractivity contribution is 5.84. The van der Waals surface area contributed by atoms with E-state index < -0.39 is 6.09 Å². The molecule has 4 nitrogen and oxygen atoms in total. The fourth-order valence-electron chi connectivity index (χ4n) is 1.32. The van der Waals surface area contributed by atoms with Crippen molar-refractivity contribution in [3.8, 4) is 0 Å². The number of amides is 1. The Balaban J connectivity index is 2.06. The van der Waals surface area contributed by atoms with Gasteiger partial charge in [-0.25, -0.2) is 4.79 Å². The van der Waals surface area contributed by atoms with Crippen LogP contribution in [0.5, 0.6) is 0 Å². The van der Waals surface area contributed by atoms with Crippen LogP contribution in [0.4, 0.5) is 10.5 Å². The van der Waals surface area contributed by atoms with E-state index in [4.69, 9.17) is 4.74 Å². The van der Waals surface area contributed by atoms with E-state index in [0.717, 1.165) is 18.7 Å². The first-order valence-corrected chi connectivity index (χ1v) is 6.02. The van der Waals surface area contributed by atoms with Crippen LogP contribution in [0.3, 0.4) is 0 Å². The van der Waals surface area contributed by atoms with Crippen LogP contribution < -0.4 is 10.6 Å². The van der Waals surface area contributed by atoms with Crippen LogP contribution in [-0.2, 0) is 4.74 Å². The number of nitrogens with one attached hydrogen (secondary N) is 2. The summed E-state index contributed by atoms with van der Waals surface area (Å²) in [4.78, 5) is 11.3. The molecule has 1 aromatic rings. The second kappa shape index (κ2) is 8.58. The third kappa shape index (κ3) is 6.58. The van der Waals surface area contributed by atoms with E-state index >= 15 is 0 Å². The van der Waals surface area contributed by atoms with Gasteiger partial charge in [-0.15, -0.1) is 0 Å². The summed E-state index contributed by atoms with van der Waals surface area (Å²) in [6, 6.07) is 9.26. The van der Waals surface area contributed by atoms with Gasteiger partial charge in [0.15, 0.2) is 0 Å². The van der Waals surface area contributed by atoms with E-state index in [1.807, 2.05) is 30.3 Å². The summed E-state index contributed by atoms with van der Waals surface area (Å²) in [5, 5.41) is 5.86. The SMILES string of the molecule is CCCCNCCOC(=O)Nc1ccccc1. The molecule has 94 valence electrons. The first-order chi connectivity index (χ1) is 8.33. The Kier molecular flexibility index (Phi) is 6.82. The smallest absolute Gasteiger partial charge is 0.411 e. The number of ether oxygens (including phenoxy) is 1. The number of rotatable bonds is 7. The number of carbonyl (C=O) groups excluding carboxylic acids is 1. The lowest BCUT2D eigenvalue weighted by Gasteiger charge is -2.07. The average Bonchev–Trinajstić information content (AvgIpc) is 2.35. The molecule has 0 bridgehead atoms. The van der Waals surface area contributed by atoms with Crippen molar-refractivity contribution in [3.63, 3.8) is 0 Å². The molecular formula is C13H20N2O2. The van der Waals surface area contributed by atoms with Crippen LogP contribution in [0.1, 0.15) is 19.8 Å². The van der Waals surface area contributed by atoms with Crippen molar-refractivity contribution >= 4 is 11.8 Å². The normalized spacial score (nSPS) is 9.94. The molecule has 0 unspecified atom stereocenters. The number of benzene rings is 1. The first-order valence-electron chi connectivity index (χ1n) is 6.02. The summed E-state index contributed by atoms with van der Waals surface area (Å²) in [5.74, 6) is 0. The predicted molar refractivity (Wildman–Crippen MR) is 69.2 cm³/mol. The second-order valence-corrected chi connectivity index (χ2v) is 3.73. The fourth-order valence-corrected chi connectivity index (χ4v) is 1.32. The quantitative estimate of drug-likeness (QED) is 0.715. The molecule has 0 aliphatic carbocycles. The highest BCUT2D eigenvalue weighted by Gasteiger charge is 2.01. The second-order valence-electron chi connectivity index (χ2n) is 3.73. The topological polar surface area (TPSA) is 50.4 Å². The van der Waals surface area contributed by atoms with Crippen LogP contribution in [0, 0.1) is 0 Å². The third-order valence-corrected chi connectivity index (χ3v) is 2.24. The molecule has 1 rings (SSSR count). The standard InChI is InChI=1S/C13H20N2O2/c1-2-3-9-14-10-11-17-13(16)15-12-7-5-4-6-8-12/h4-8,14H,2-3,9-11H2,1H3,(H,15,16). The zero-order chi connectivity index (χ0) is 12.3. The zero-order valence-corrected chi connectivity index (χ0v) is 10.2. The van der Waals surface area contributed by atoms with E-state index in [2.05, 4.69) is 17.6 Å². The lowest BCUT2D eigenvalue weighted by atomic mass is 10.3. The van der Waals surface area contributed by atoms with Crippen molar-refractivity contribution in [2.24, 2.45) is 0 Å². The van der Waals surface area contributed by atoms with Crippen molar-refractivity contribution in [3.05, 3.63) is 30.3 Å². The molecule has 1 aromatic carbocycles. The summed E-state index contributed by atoms with van der Waals surface area (Å²) in [6.45, 7) is 4.20. The highest BCUT2D eigenvalue weighted by atomic mass is 16.5. The molecule has 0 saturated heterocycles. The molecule has 0 aliphatic rings. The zero-order valence-electron chi connectivity index (χ0n) is 10.2. The number of para-hydroxylation sites is 1. The molecule has 2 N–H and O–H groups in total. The molecule has 0 aliphatic heterocycles. The van der Waals surface area contributed by atoms with Crippen molar-refractivity contribution in [2.45, 2.75) is 19.8 Å². The number of hydrogen-bond acceptors (Lipinski definition) is 3. The van der Waals surface area contributed by atoms with Crippen molar-refractivity contribution in [1.29, 1.82) is 0 Å². The predicted octanol–water partition coefficient (Wildman–Crippen LogP) is 2.62. The largest absolute Gasteiger partial charge is 0.448 e. The first kappa shape index (κ1) is 13.5. The van der Waals surface area contributed by atoms with Gasteiger partial charge in [-0.3, -0.25) is 5.32 Å². The molecule has 0 atom stereocenters. The molecular weight excluding hydrogens is 216 g/mol. The monoisotopic (exact) mass is 236 g/mol. The summed E-state index contributed by atoms with van der Waals surface area (Å²) < 4.78 is 5.01. The van der Waals surface area contributed by atoms with Crippen LogP contribution in [-0.4, -0.2) is 25.8 Å². The van der Waals surface area contributed by atoms with Gasteiger partial charge in [-0.1, -0.05) is 31.5 Å². The lowest BCUT2D eigenvalue weighted by molar-refractivity contribution is 0.162. The van der Waals surface area contributed by atoms with Crippen molar-refractivity contribution in [1.82, 2.24) is 5.32 Å². The maximum Gasteiger partial charge on any atom is 0.411 e. The maximum absolute atomic E-state index is 11.3. The Hall–Kier alpha value is -1.55. The average molecular weight is 236 g/mol. The van der Waals surface area contributed by atoms with Crippen molar-refractivity contribution in [2.75, 3.05) is 25.0 Å². The number of anilines is 1. The van der Waals surface area contributed by atoms with Gasteiger partial charge < -0.3 is 10.1 Å². The van der Waals surface area contributed by atoms with Crippen LogP contribution in [0.2, 0.25) is 0 Å². The Bertz CT molecular complexity index is 314. The van der Waals surface area contributed by atoms with Gasteiger partial charge in [0.05, 0.1) is 0 Å². The van der Waals surface area contributed by atoms with Crippen LogP contribution in [0.25, 0.3) is 0 Å². The lowest BCUT2D eigenvalue weighted by Crippen LogP contribution is -2.24. The third-order valence-electron chi connectivity index (χ3n) is 2.24.